The maximum absolute atomic E-state index is 12.6. The van der Waals surface area contributed by atoms with Crippen LogP contribution in [-0.2, 0) is 28.9 Å². The van der Waals surface area contributed by atoms with Crippen molar-refractivity contribution in [3.05, 3.63) is 58.6 Å². The van der Waals surface area contributed by atoms with Crippen LogP contribution in [0.2, 0.25) is 5.02 Å². The van der Waals surface area contributed by atoms with E-state index in [1.165, 1.54) is 29.3 Å². The highest BCUT2D eigenvalue weighted by molar-refractivity contribution is 7.99. The third-order valence-electron chi connectivity index (χ3n) is 5.94. The third kappa shape index (κ3) is 4.85. The van der Waals surface area contributed by atoms with Crippen LogP contribution in [0.15, 0.2) is 47.6 Å². The maximum atomic E-state index is 12.6. The predicted molar refractivity (Wildman–Crippen MR) is 127 cm³/mol. The van der Waals surface area contributed by atoms with E-state index in [1.807, 2.05) is 30.3 Å². The first-order valence-corrected chi connectivity index (χ1v) is 12.4. The fraction of sp³-hybridized carbons (Fsp3) is 0.375. The molecule has 0 unspecified atom stereocenters. The topological polar surface area (TPSA) is 69.0 Å². The monoisotopic (exact) mass is 468 g/mol. The summed E-state index contributed by atoms with van der Waals surface area (Å²) in [7, 11) is 0. The van der Waals surface area contributed by atoms with Crippen LogP contribution in [0.4, 0.5) is 5.69 Å². The number of rotatable bonds is 7. The predicted octanol–water partition coefficient (Wildman–Crippen LogP) is 5.00. The highest BCUT2D eigenvalue weighted by Crippen LogP contribution is 2.28. The van der Waals surface area contributed by atoms with Gasteiger partial charge in [0.1, 0.15) is 0 Å². The van der Waals surface area contributed by atoms with Crippen molar-refractivity contribution in [2.24, 2.45) is 0 Å². The summed E-state index contributed by atoms with van der Waals surface area (Å²) in [6.07, 6.45) is 5.63. The van der Waals surface area contributed by atoms with Crippen LogP contribution in [0.25, 0.3) is 11.4 Å². The molecule has 1 fully saturated rings. The van der Waals surface area contributed by atoms with Crippen LogP contribution < -0.4 is 5.32 Å². The van der Waals surface area contributed by atoms with Crippen molar-refractivity contribution in [2.45, 2.75) is 49.9 Å². The molecule has 3 aromatic rings. The molecule has 2 aromatic carbocycles. The Bertz CT molecular complexity index is 1110. The van der Waals surface area contributed by atoms with E-state index in [1.54, 1.807) is 0 Å². The zero-order valence-electron chi connectivity index (χ0n) is 17.7. The number of aromatic nitrogens is 3. The number of thioether (sulfide) groups is 1. The molecule has 1 aliphatic carbocycles. The Morgan fingerprint density at radius 3 is 2.78 bits per heavy atom. The highest BCUT2D eigenvalue weighted by atomic mass is 35.5. The number of nitrogens with zero attached hydrogens (tertiary/aromatic N) is 3. The Morgan fingerprint density at radius 2 is 1.97 bits per heavy atom. The van der Waals surface area contributed by atoms with Crippen molar-refractivity contribution in [1.29, 1.82) is 0 Å². The van der Waals surface area contributed by atoms with Gasteiger partial charge in [0, 0.05) is 22.9 Å². The number of benzene rings is 2. The Balaban J connectivity index is 1.30. The van der Waals surface area contributed by atoms with E-state index in [2.05, 4.69) is 32.2 Å². The minimum atomic E-state index is -0.0485. The first-order valence-electron chi connectivity index (χ1n) is 11.0. The molecule has 0 saturated carbocycles. The molecule has 2 heterocycles. The smallest absolute Gasteiger partial charge is 0.234 e. The molecule has 1 saturated heterocycles. The van der Waals surface area contributed by atoms with Gasteiger partial charge in [-0.05, 0) is 79.6 Å². The zero-order chi connectivity index (χ0) is 21.9. The number of halogens is 1. The molecular weight excluding hydrogens is 444 g/mol. The van der Waals surface area contributed by atoms with Crippen LogP contribution in [0.5, 0.6) is 0 Å². The average molecular weight is 469 g/mol. The molecule has 8 heteroatoms. The Labute approximate surface area is 196 Å². The molecule has 1 aliphatic heterocycles. The van der Waals surface area contributed by atoms with Crippen molar-refractivity contribution in [1.82, 2.24) is 14.8 Å². The van der Waals surface area contributed by atoms with Gasteiger partial charge in [-0.1, -0.05) is 29.4 Å². The van der Waals surface area contributed by atoms with Crippen molar-refractivity contribution in [3.8, 4) is 11.4 Å². The SMILES string of the molecule is O=C(CSc1nnc(-c2ccc(Cl)cc2)n1C[C@@H]1CCCO1)Nc1ccc2c(c1)CCC2. The zero-order valence-corrected chi connectivity index (χ0v) is 19.3. The van der Waals surface area contributed by atoms with E-state index in [-0.39, 0.29) is 17.8 Å². The molecule has 0 radical (unpaired) electrons. The summed E-state index contributed by atoms with van der Waals surface area (Å²) in [6, 6.07) is 13.8. The maximum Gasteiger partial charge on any atom is 0.234 e. The van der Waals surface area contributed by atoms with Gasteiger partial charge in [-0.25, -0.2) is 0 Å². The van der Waals surface area contributed by atoms with Crippen LogP contribution in [0.3, 0.4) is 0 Å². The lowest BCUT2D eigenvalue weighted by molar-refractivity contribution is -0.113. The Hall–Kier alpha value is -2.35. The Kier molecular flexibility index (Phi) is 6.48. The lowest BCUT2D eigenvalue weighted by Gasteiger charge is -2.15. The van der Waals surface area contributed by atoms with Crippen molar-refractivity contribution < 1.29 is 9.53 Å². The second-order valence-corrected chi connectivity index (χ2v) is 9.61. The third-order valence-corrected chi connectivity index (χ3v) is 7.16. The minimum absolute atomic E-state index is 0.0485. The lowest BCUT2D eigenvalue weighted by Crippen LogP contribution is -2.18. The molecule has 1 aromatic heterocycles. The first-order chi connectivity index (χ1) is 15.7. The molecule has 2 aliphatic rings. The summed E-state index contributed by atoms with van der Waals surface area (Å²) >= 11 is 7.45. The molecule has 0 spiro atoms. The minimum Gasteiger partial charge on any atom is -0.376 e. The number of hydrogen-bond donors (Lipinski definition) is 1. The molecule has 1 N–H and O–H groups in total. The van der Waals surface area contributed by atoms with E-state index < -0.39 is 0 Å². The second kappa shape index (κ2) is 9.65. The van der Waals surface area contributed by atoms with Crippen molar-refractivity contribution >= 4 is 35.0 Å². The standard InChI is InChI=1S/C24H25ClN4O2S/c25-19-9-6-17(7-10-19)23-27-28-24(29(23)14-21-5-2-12-31-21)32-15-22(30)26-20-11-8-16-3-1-4-18(16)13-20/h6-11,13,21H,1-5,12,14-15H2,(H,26,30)/t21-/m0/s1. The summed E-state index contributed by atoms with van der Waals surface area (Å²) < 4.78 is 7.91. The normalized spacial score (nSPS) is 17.5. The largest absolute Gasteiger partial charge is 0.376 e. The van der Waals surface area contributed by atoms with Gasteiger partial charge in [-0.15, -0.1) is 10.2 Å². The second-order valence-electron chi connectivity index (χ2n) is 8.23. The van der Waals surface area contributed by atoms with Crippen LogP contribution >= 0.6 is 23.4 Å². The number of amides is 1. The summed E-state index contributed by atoms with van der Waals surface area (Å²) in [6.45, 7) is 1.45. The quantitative estimate of drug-likeness (QED) is 0.494. The summed E-state index contributed by atoms with van der Waals surface area (Å²) in [5, 5.41) is 13.2. The molecule has 0 bridgehead atoms. The number of carbonyl (C=O) groups is 1. The summed E-state index contributed by atoms with van der Waals surface area (Å²) in [4.78, 5) is 12.6. The molecule has 1 atom stereocenters. The fourth-order valence-electron chi connectivity index (χ4n) is 4.34. The highest BCUT2D eigenvalue weighted by Gasteiger charge is 2.22. The van der Waals surface area contributed by atoms with E-state index in [0.717, 1.165) is 54.5 Å². The number of ether oxygens (including phenoxy) is 1. The number of anilines is 1. The molecule has 166 valence electrons. The van der Waals surface area contributed by atoms with Gasteiger partial charge in [0.25, 0.3) is 0 Å². The van der Waals surface area contributed by atoms with Crippen molar-refractivity contribution in [2.75, 3.05) is 17.7 Å². The molecular formula is C24H25ClN4O2S. The van der Waals surface area contributed by atoms with Gasteiger partial charge in [0.05, 0.1) is 18.4 Å². The van der Waals surface area contributed by atoms with E-state index in [9.17, 15) is 4.79 Å². The van der Waals surface area contributed by atoms with Crippen LogP contribution in [0.1, 0.15) is 30.4 Å². The summed E-state index contributed by atoms with van der Waals surface area (Å²) in [5.74, 6) is 0.979. The number of carbonyl (C=O) groups excluding carboxylic acids is 1. The van der Waals surface area contributed by atoms with Crippen molar-refractivity contribution in [3.63, 3.8) is 0 Å². The van der Waals surface area contributed by atoms with Crippen LogP contribution in [-0.4, -0.2) is 39.1 Å². The van der Waals surface area contributed by atoms with Gasteiger partial charge >= 0.3 is 0 Å². The van der Waals surface area contributed by atoms with Gasteiger partial charge in [0.15, 0.2) is 11.0 Å². The van der Waals surface area contributed by atoms with E-state index in [0.29, 0.717) is 11.6 Å². The average Bonchev–Trinajstić information content (AvgIpc) is 3.54. The number of hydrogen-bond acceptors (Lipinski definition) is 5. The number of nitrogens with one attached hydrogen (secondary N) is 1. The van der Waals surface area contributed by atoms with E-state index >= 15 is 0 Å². The number of fused-ring (bicyclic) bond motifs is 1. The number of aryl methyl sites for hydroxylation is 2. The summed E-state index contributed by atoms with van der Waals surface area (Å²) in [5.41, 5.74) is 4.54. The molecule has 6 nitrogen and oxygen atoms in total. The van der Waals surface area contributed by atoms with Gasteiger partial charge < -0.3 is 10.1 Å². The first kappa shape index (κ1) is 21.5. The molecule has 5 rings (SSSR count). The van der Waals surface area contributed by atoms with Gasteiger partial charge in [-0.3, -0.25) is 9.36 Å². The van der Waals surface area contributed by atoms with Gasteiger partial charge in [-0.2, -0.15) is 0 Å². The Morgan fingerprint density at radius 1 is 1.12 bits per heavy atom. The fourth-order valence-corrected chi connectivity index (χ4v) is 5.22. The molecule has 32 heavy (non-hydrogen) atoms. The molecule has 1 amide bonds. The van der Waals surface area contributed by atoms with Gasteiger partial charge in [0.2, 0.25) is 5.91 Å². The van der Waals surface area contributed by atoms with E-state index in [4.69, 9.17) is 16.3 Å². The van der Waals surface area contributed by atoms with Crippen LogP contribution in [0, 0.1) is 0 Å². The lowest BCUT2D eigenvalue weighted by atomic mass is 10.1.